The molecular weight excluding hydrogens is 1280 g/mol. The molecule has 2 atom stereocenters. The van der Waals surface area contributed by atoms with Crippen LogP contribution in [0.2, 0.25) is 14.8 Å². The van der Waals surface area contributed by atoms with Crippen LogP contribution < -0.4 is 2.89 Å². The molecule has 16 nitrogen and oxygen atoms in total. The van der Waals surface area contributed by atoms with Crippen LogP contribution in [-0.2, 0) is 62.2 Å². The van der Waals surface area contributed by atoms with Gasteiger partial charge in [-0.2, -0.15) is 19.2 Å². The van der Waals surface area contributed by atoms with Crippen LogP contribution in [0.3, 0.4) is 0 Å². The van der Waals surface area contributed by atoms with Gasteiger partial charge in [0.2, 0.25) is 5.78 Å². The standard InChI is InChI=1S/C15H16O2S2.C12H8O4S2.C12H6O2S2.C9H10O4.C4H3S.2CO2.3CH3.Sn/c1-3-11(12-7-5-9-18-12)14(15(16)17-4-2)13-8-6-10-19-13;13-7-16-11(9-4-2-6-18-9)10(12(14)15)8-3-1-5-17-8;13-9-5-1-3-15-11(5)8-7(9)12-6(10(8)14)2-4-16-12;1-3-7(10)5-6-8(11)9(12)13-4-2;1-2-4-5-3-1;2*2-1-3;;;;/h5-10H,3-4H2,1-2H3;1-7H,(H,14,15);1-4,7-8H;3-4H2,1-2H3;1-3H;;;3*1H3;/b14-11-;11-10+;;;;;;;;;. The molecule has 0 saturated heterocycles. The Morgan fingerprint density at radius 1 is 0.556 bits per heavy atom. The monoisotopic (exact) mass is 1340 g/mol. The third-order valence-electron chi connectivity index (χ3n) is 10.6. The Morgan fingerprint density at radius 2 is 0.988 bits per heavy atom. The molecule has 2 aliphatic carbocycles. The summed E-state index contributed by atoms with van der Waals surface area (Å²) in [5.41, 5.74) is 3.32. The van der Waals surface area contributed by atoms with Crippen molar-refractivity contribution in [3.8, 4) is 11.8 Å². The molecule has 1 N–H and O–H groups in total. The first-order chi connectivity index (χ1) is 38.8. The SMILES string of the molecule is CCOC(=O)/C(=C(/CC)c1cccs1)c1cccs1.CCOC(=O)C(=O)C#CC(=O)CC.O=C1c2ccsc2C2C(=O)c3ccsc3C12.O=C=O.O=C=O.O=CO/C(=C(/C(=O)O)c1cccs1)c1cccs1.[CH3][Sn]([CH3])([CH3])[c]1cccs1. The Bertz CT molecular complexity index is 3310. The van der Waals surface area contributed by atoms with Crippen molar-refractivity contribution in [2.45, 2.75) is 67.2 Å². The fourth-order valence-corrected chi connectivity index (χ4v) is 18.5. The van der Waals surface area contributed by atoms with Gasteiger partial charge in [0.1, 0.15) is 5.57 Å². The molecule has 7 aromatic rings. The van der Waals surface area contributed by atoms with Crippen molar-refractivity contribution >= 4 is 183 Å². The number of Topliss-reactive ketones (excluding diaryl/α,β-unsaturated/α-hetero) is 4. The van der Waals surface area contributed by atoms with Gasteiger partial charge >= 0.3 is 101 Å². The first-order valence-electron chi connectivity index (χ1n) is 24.0. The number of carbonyl (C=O) groups is 8. The fourth-order valence-electron chi connectivity index (χ4n) is 7.23. The van der Waals surface area contributed by atoms with Crippen LogP contribution in [0.25, 0.3) is 22.5 Å². The predicted molar refractivity (Wildman–Crippen MR) is 317 cm³/mol. The number of carboxylic acids is 1. The van der Waals surface area contributed by atoms with E-state index in [0.29, 0.717) is 21.9 Å². The maximum absolute atomic E-state index is 12.3. The average Bonchev–Trinajstić information content (AvgIpc) is 4.44. The van der Waals surface area contributed by atoms with E-state index in [1.165, 1.54) is 45.3 Å². The minimum absolute atomic E-state index is 0.000417. The molecule has 0 saturated carbocycles. The van der Waals surface area contributed by atoms with Crippen LogP contribution >= 0.6 is 79.4 Å². The van der Waals surface area contributed by atoms with Crippen LogP contribution in [0.5, 0.6) is 0 Å². The van der Waals surface area contributed by atoms with Gasteiger partial charge in [0, 0.05) is 41.9 Å². The number of thiophene rings is 7. The molecule has 0 spiro atoms. The molecule has 7 heterocycles. The number of carbonyl (C=O) groups excluding carboxylic acids is 11. The van der Waals surface area contributed by atoms with Crippen LogP contribution in [0.4, 0.5) is 0 Å². The molecule has 0 radical (unpaired) electrons. The topological polar surface area (TPSA) is 253 Å². The van der Waals surface area contributed by atoms with E-state index in [2.05, 4.69) is 50.1 Å². The Labute approximate surface area is 498 Å². The zero-order valence-corrected chi connectivity index (χ0v) is 53.0. The molecule has 81 heavy (non-hydrogen) atoms. The zero-order chi connectivity index (χ0) is 60.1. The van der Waals surface area contributed by atoms with E-state index >= 15 is 0 Å². The molecule has 0 aliphatic heterocycles. The molecular formula is C57H52O16S7Sn. The summed E-state index contributed by atoms with van der Waals surface area (Å²) >= 11 is 9.18. The Kier molecular flexibility index (Phi) is 30.1. The molecule has 2 aliphatic rings. The summed E-state index contributed by atoms with van der Waals surface area (Å²) in [6.07, 6.45) is 1.54. The summed E-state index contributed by atoms with van der Waals surface area (Å²) in [6, 6.07) is 23.0. The predicted octanol–water partition coefficient (Wildman–Crippen LogP) is 11.9. The van der Waals surface area contributed by atoms with Gasteiger partial charge in [0.05, 0.1) is 35.5 Å². The van der Waals surface area contributed by atoms with Gasteiger partial charge in [0.15, 0.2) is 17.3 Å². The van der Waals surface area contributed by atoms with Crippen molar-refractivity contribution in [2.75, 3.05) is 13.2 Å². The van der Waals surface area contributed by atoms with Gasteiger partial charge in [-0.25, -0.2) is 14.4 Å². The molecule has 7 aromatic heterocycles. The summed E-state index contributed by atoms with van der Waals surface area (Å²) in [4.78, 5) is 136. The van der Waals surface area contributed by atoms with Gasteiger partial charge in [0.25, 0.3) is 6.47 Å². The van der Waals surface area contributed by atoms with Gasteiger partial charge in [-0.3, -0.25) is 24.0 Å². The van der Waals surface area contributed by atoms with Gasteiger partial charge in [-0.1, -0.05) is 38.1 Å². The van der Waals surface area contributed by atoms with E-state index in [-0.39, 0.29) is 78.3 Å². The average molecular weight is 1340 g/mol. The molecule has 0 bridgehead atoms. The van der Waals surface area contributed by atoms with Crippen LogP contribution in [0.15, 0.2) is 110 Å². The summed E-state index contributed by atoms with van der Waals surface area (Å²) in [5.74, 6) is 0.154. The summed E-state index contributed by atoms with van der Waals surface area (Å²) in [7, 11) is 0. The van der Waals surface area contributed by atoms with Gasteiger partial charge in [-0.15, -0.1) is 68.0 Å². The van der Waals surface area contributed by atoms with Crippen molar-refractivity contribution in [1.29, 1.82) is 0 Å². The molecule has 2 unspecified atom stereocenters. The third-order valence-corrected chi connectivity index (χ3v) is 26.7. The van der Waals surface area contributed by atoms with Crippen molar-refractivity contribution in [3.05, 3.63) is 151 Å². The van der Waals surface area contributed by atoms with E-state index in [1.807, 2.05) is 82.0 Å². The van der Waals surface area contributed by atoms with E-state index in [9.17, 15) is 43.5 Å². The zero-order valence-electron chi connectivity index (χ0n) is 44.5. The van der Waals surface area contributed by atoms with E-state index in [4.69, 9.17) is 28.7 Å². The number of allylic oxidation sites excluding steroid dienone is 1. The van der Waals surface area contributed by atoms with Crippen LogP contribution in [-0.4, -0.2) is 96.5 Å². The fraction of sp³-hybridized carbons (Fsp3) is 0.228. The summed E-state index contributed by atoms with van der Waals surface area (Å²) in [5, 5.41) is 22.8. The Balaban J connectivity index is 0.000000263. The van der Waals surface area contributed by atoms with E-state index in [1.54, 1.807) is 74.4 Å². The summed E-state index contributed by atoms with van der Waals surface area (Å²) in [6.45, 7) is 7.86. The second-order valence-corrected chi connectivity index (χ2v) is 38.7. The molecule has 422 valence electrons. The van der Waals surface area contributed by atoms with Crippen molar-refractivity contribution < 1.29 is 76.9 Å². The number of ether oxygens (including phenoxy) is 3. The first-order valence-corrected chi connectivity index (χ1v) is 40.2. The first kappa shape index (κ1) is 68.3. The number of aliphatic carboxylic acids is 1. The number of hydrogen-bond acceptors (Lipinski definition) is 22. The summed E-state index contributed by atoms with van der Waals surface area (Å²) < 4.78 is 16.1. The van der Waals surface area contributed by atoms with Crippen molar-refractivity contribution in [2.24, 2.45) is 0 Å². The Morgan fingerprint density at radius 3 is 1.36 bits per heavy atom. The van der Waals surface area contributed by atoms with E-state index in [0.717, 1.165) is 42.6 Å². The second kappa shape index (κ2) is 35.7. The molecule has 24 heteroatoms. The number of rotatable bonds is 14. The van der Waals surface area contributed by atoms with Gasteiger partial charge < -0.3 is 19.3 Å². The minimum atomic E-state index is -1.63. The number of hydrogen-bond donors (Lipinski definition) is 1. The molecule has 9 rings (SSSR count). The maximum atomic E-state index is 12.3. The number of esters is 2. The normalized spacial score (nSPS) is 13.4. The van der Waals surface area contributed by atoms with Crippen molar-refractivity contribution in [1.82, 2.24) is 0 Å². The van der Waals surface area contributed by atoms with Crippen LogP contribution in [0.1, 0.15) is 102 Å². The van der Waals surface area contributed by atoms with Gasteiger partial charge in [-0.05, 0) is 106 Å². The molecule has 0 amide bonds. The third kappa shape index (κ3) is 19.9. The Hall–Kier alpha value is -6.94. The second-order valence-electron chi connectivity index (χ2n) is 16.6. The van der Waals surface area contributed by atoms with Crippen molar-refractivity contribution in [3.63, 3.8) is 0 Å². The molecule has 0 fully saturated rings. The number of ketones is 4. The number of fused-ring (bicyclic) bond motifs is 5. The van der Waals surface area contributed by atoms with E-state index < -0.39 is 36.1 Å². The molecule has 0 aromatic carbocycles. The quantitative estimate of drug-likeness (QED) is 0.0122. The number of carboxylic acid groups (broad SMARTS) is 1. The van der Waals surface area contributed by atoms with Crippen LogP contribution in [0, 0.1) is 11.8 Å².